The van der Waals surface area contributed by atoms with Crippen LogP contribution in [0.25, 0.3) is 0 Å². The predicted molar refractivity (Wildman–Crippen MR) is 103 cm³/mol. The van der Waals surface area contributed by atoms with Crippen LogP contribution in [0.4, 0.5) is 0 Å². The number of hydrogen-bond acceptors (Lipinski definition) is 4. The fourth-order valence-electron chi connectivity index (χ4n) is 2.94. The van der Waals surface area contributed by atoms with Crippen molar-refractivity contribution >= 4 is 17.7 Å². The van der Waals surface area contributed by atoms with E-state index in [-0.39, 0.29) is 5.91 Å². The van der Waals surface area contributed by atoms with Crippen molar-refractivity contribution in [2.24, 2.45) is 0 Å². The second-order valence-electron chi connectivity index (χ2n) is 6.50. The highest BCUT2D eigenvalue weighted by Crippen LogP contribution is 2.15. The molecule has 2 aromatic rings. The largest absolute Gasteiger partial charge is 0.339 e. The van der Waals surface area contributed by atoms with Gasteiger partial charge in [-0.3, -0.25) is 14.7 Å². The van der Waals surface area contributed by atoms with Crippen molar-refractivity contribution in [3.05, 3.63) is 65.5 Å². The Hall–Kier alpha value is -1.85. The Bertz CT molecular complexity index is 667. The number of nitrogens with zero attached hydrogens (tertiary/aromatic N) is 3. The van der Waals surface area contributed by atoms with Gasteiger partial charge in [0.15, 0.2) is 0 Å². The summed E-state index contributed by atoms with van der Waals surface area (Å²) in [5.74, 6) is 1.72. The standard InChI is InChI=1S/C20H25N3OS/c1-17-4-6-18(7-5-17)15-25-16-20(24)23-11-9-22(10-12-23)14-19-3-2-8-21-13-19/h2-8,13H,9-12,14-16H2,1H3. The number of hydrogen-bond donors (Lipinski definition) is 0. The summed E-state index contributed by atoms with van der Waals surface area (Å²) in [6.45, 7) is 6.52. The van der Waals surface area contributed by atoms with Gasteiger partial charge in [-0.2, -0.15) is 0 Å². The van der Waals surface area contributed by atoms with Crippen LogP contribution in [0.2, 0.25) is 0 Å². The molecule has 1 aromatic heterocycles. The molecule has 132 valence electrons. The first kappa shape index (κ1) is 18.0. The molecule has 4 nitrogen and oxygen atoms in total. The molecule has 0 N–H and O–H groups in total. The number of piperazine rings is 1. The number of aromatic nitrogens is 1. The van der Waals surface area contributed by atoms with E-state index >= 15 is 0 Å². The Morgan fingerprint density at radius 1 is 1.08 bits per heavy atom. The summed E-state index contributed by atoms with van der Waals surface area (Å²) < 4.78 is 0. The zero-order chi connectivity index (χ0) is 17.5. The Morgan fingerprint density at radius 2 is 1.84 bits per heavy atom. The number of carbonyl (C=O) groups is 1. The van der Waals surface area contributed by atoms with Crippen molar-refractivity contribution in [1.29, 1.82) is 0 Å². The molecule has 1 aliphatic heterocycles. The Morgan fingerprint density at radius 3 is 2.52 bits per heavy atom. The van der Waals surface area contributed by atoms with E-state index in [0.29, 0.717) is 5.75 Å². The van der Waals surface area contributed by atoms with E-state index in [2.05, 4.69) is 47.1 Å². The van der Waals surface area contributed by atoms with Gasteiger partial charge < -0.3 is 4.90 Å². The van der Waals surface area contributed by atoms with Gasteiger partial charge in [-0.15, -0.1) is 11.8 Å². The van der Waals surface area contributed by atoms with Crippen LogP contribution in [0.5, 0.6) is 0 Å². The molecule has 1 fully saturated rings. The van der Waals surface area contributed by atoms with E-state index in [9.17, 15) is 4.79 Å². The van der Waals surface area contributed by atoms with Gasteiger partial charge in [0.1, 0.15) is 0 Å². The molecule has 1 amide bonds. The minimum Gasteiger partial charge on any atom is -0.339 e. The van der Waals surface area contributed by atoms with Crippen LogP contribution in [0.15, 0.2) is 48.8 Å². The number of aryl methyl sites for hydroxylation is 1. The molecule has 1 aromatic carbocycles. The van der Waals surface area contributed by atoms with Crippen molar-refractivity contribution in [2.45, 2.75) is 19.2 Å². The second kappa shape index (κ2) is 9.02. The van der Waals surface area contributed by atoms with E-state index < -0.39 is 0 Å². The summed E-state index contributed by atoms with van der Waals surface area (Å²) in [6, 6.07) is 12.6. The number of pyridine rings is 1. The molecule has 0 bridgehead atoms. The topological polar surface area (TPSA) is 36.4 Å². The first-order valence-corrected chi connectivity index (χ1v) is 9.88. The van der Waals surface area contributed by atoms with Crippen LogP contribution in [0, 0.1) is 6.92 Å². The number of thioether (sulfide) groups is 1. The van der Waals surface area contributed by atoms with Gasteiger partial charge in [0.05, 0.1) is 5.75 Å². The molecule has 0 aliphatic carbocycles. The molecule has 2 heterocycles. The first-order chi connectivity index (χ1) is 12.2. The summed E-state index contributed by atoms with van der Waals surface area (Å²) in [7, 11) is 0. The van der Waals surface area contributed by atoms with E-state index in [0.717, 1.165) is 38.5 Å². The third-order valence-corrected chi connectivity index (χ3v) is 5.46. The van der Waals surface area contributed by atoms with Crippen molar-refractivity contribution in [2.75, 3.05) is 31.9 Å². The fourth-order valence-corrected chi connectivity index (χ4v) is 3.82. The van der Waals surface area contributed by atoms with E-state index in [1.54, 1.807) is 18.0 Å². The highest BCUT2D eigenvalue weighted by Gasteiger charge is 2.20. The lowest BCUT2D eigenvalue weighted by molar-refractivity contribution is -0.130. The second-order valence-corrected chi connectivity index (χ2v) is 7.48. The lowest BCUT2D eigenvalue weighted by Crippen LogP contribution is -2.48. The highest BCUT2D eigenvalue weighted by atomic mass is 32.2. The van der Waals surface area contributed by atoms with E-state index in [1.165, 1.54) is 16.7 Å². The number of rotatable bonds is 6. The average Bonchev–Trinajstić information content (AvgIpc) is 2.65. The van der Waals surface area contributed by atoms with Crippen molar-refractivity contribution < 1.29 is 4.79 Å². The van der Waals surface area contributed by atoms with Gasteiger partial charge in [0, 0.05) is 50.9 Å². The van der Waals surface area contributed by atoms with Crippen LogP contribution in [-0.2, 0) is 17.1 Å². The Balaban J connectivity index is 1.37. The molecular weight excluding hydrogens is 330 g/mol. The maximum absolute atomic E-state index is 12.4. The summed E-state index contributed by atoms with van der Waals surface area (Å²) in [5, 5.41) is 0. The molecule has 0 unspecified atom stereocenters. The quantitative estimate of drug-likeness (QED) is 0.798. The summed E-state index contributed by atoms with van der Waals surface area (Å²) >= 11 is 1.70. The maximum atomic E-state index is 12.4. The van der Waals surface area contributed by atoms with Gasteiger partial charge in [0.2, 0.25) is 5.91 Å². The molecule has 25 heavy (non-hydrogen) atoms. The van der Waals surface area contributed by atoms with Crippen molar-refractivity contribution in [1.82, 2.24) is 14.8 Å². The highest BCUT2D eigenvalue weighted by molar-refractivity contribution is 7.99. The fraction of sp³-hybridized carbons (Fsp3) is 0.400. The van der Waals surface area contributed by atoms with Crippen LogP contribution in [-0.4, -0.2) is 52.6 Å². The van der Waals surface area contributed by atoms with E-state index in [4.69, 9.17) is 0 Å². The zero-order valence-corrected chi connectivity index (χ0v) is 15.5. The minimum absolute atomic E-state index is 0.262. The molecule has 0 atom stereocenters. The predicted octanol–water partition coefficient (Wildman–Crippen LogP) is 2.97. The minimum atomic E-state index is 0.262. The third-order valence-electron chi connectivity index (χ3n) is 4.47. The molecule has 0 radical (unpaired) electrons. The van der Waals surface area contributed by atoms with Crippen LogP contribution in [0.1, 0.15) is 16.7 Å². The summed E-state index contributed by atoms with van der Waals surface area (Å²) in [6.07, 6.45) is 3.72. The van der Waals surface area contributed by atoms with E-state index in [1.807, 2.05) is 17.2 Å². The van der Waals surface area contributed by atoms with Crippen molar-refractivity contribution in [3.63, 3.8) is 0 Å². The number of carbonyl (C=O) groups excluding carboxylic acids is 1. The molecular formula is C20H25N3OS. The lowest BCUT2D eigenvalue weighted by atomic mass is 10.2. The monoisotopic (exact) mass is 355 g/mol. The Labute approximate surface area is 154 Å². The van der Waals surface area contributed by atoms with Gasteiger partial charge in [-0.25, -0.2) is 0 Å². The molecule has 1 saturated heterocycles. The van der Waals surface area contributed by atoms with Gasteiger partial charge >= 0.3 is 0 Å². The number of benzene rings is 1. The number of amides is 1. The molecule has 5 heteroatoms. The Kier molecular flexibility index (Phi) is 6.48. The normalized spacial score (nSPS) is 15.3. The van der Waals surface area contributed by atoms with Crippen LogP contribution in [0.3, 0.4) is 0 Å². The van der Waals surface area contributed by atoms with Crippen LogP contribution < -0.4 is 0 Å². The van der Waals surface area contributed by atoms with Crippen LogP contribution >= 0.6 is 11.8 Å². The SMILES string of the molecule is Cc1ccc(CSCC(=O)N2CCN(Cc3cccnc3)CC2)cc1. The summed E-state index contributed by atoms with van der Waals surface area (Å²) in [5.41, 5.74) is 3.79. The maximum Gasteiger partial charge on any atom is 0.232 e. The molecule has 0 spiro atoms. The molecule has 3 rings (SSSR count). The average molecular weight is 356 g/mol. The zero-order valence-electron chi connectivity index (χ0n) is 14.7. The molecule has 0 saturated carbocycles. The smallest absolute Gasteiger partial charge is 0.232 e. The molecule has 1 aliphatic rings. The van der Waals surface area contributed by atoms with Gasteiger partial charge in [0.25, 0.3) is 0 Å². The first-order valence-electron chi connectivity index (χ1n) is 8.73. The lowest BCUT2D eigenvalue weighted by Gasteiger charge is -2.34. The summed E-state index contributed by atoms with van der Waals surface area (Å²) in [4.78, 5) is 20.9. The van der Waals surface area contributed by atoms with Gasteiger partial charge in [-0.1, -0.05) is 35.9 Å². The van der Waals surface area contributed by atoms with Crippen molar-refractivity contribution in [3.8, 4) is 0 Å². The van der Waals surface area contributed by atoms with Gasteiger partial charge in [-0.05, 0) is 24.1 Å². The third kappa shape index (κ3) is 5.58.